The van der Waals surface area contributed by atoms with Gasteiger partial charge in [-0.25, -0.2) is 4.98 Å². The topological polar surface area (TPSA) is 38.9 Å². The van der Waals surface area contributed by atoms with Crippen LogP contribution in [0.5, 0.6) is 0 Å². The lowest BCUT2D eigenvalue weighted by Gasteiger charge is -2.11. The number of thiazole rings is 1. The standard InChI is InChI=1S/C13H15ClN2S2/c1-8(15)6-10-4-3-5-11(14)12(10)18-13-16-9(2)7-17-13/h3-5,7-8H,6,15H2,1-2H3. The predicted octanol–water partition coefficient (Wildman–Crippen LogP) is 4.15. The second-order valence-corrected chi connectivity index (χ2v) is 6.79. The number of rotatable bonds is 4. The van der Waals surface area contributed by atoms with Gasteiger partial charge in [0.15, 0.2) is 4.34 Å². The van der Waals surface area contributed by atoms with Gasteiger partial charge in [0, 0.05) is 22.0 Å². The van der Waals surface area contributed by atoms with Crippen molar-refractivity contribution in [3.05, 3.63) is 39.9 Å². The molecule has 1 unspecified atom stereocenters. The molecule has 1 aromatic heterocycles. The van der Waals surface area contributed by atoms with Gasteiger partial charge in [-0.15, -0.1) is 11.3 Å². The van der Waals surface area contributed by atoms with E-state index in [0.29, 0.717) is 0 Å². The van der Waals surface area contributed by atoms with Crippen LogP contribution in [0.4, 0.5) is 0 Å². The summed E-state index contributed by atoms with van der Waals surface area (Å²) in [6.45, 7) is 4.00. The van der Waals surface area contributed by atoms with Crippen LogP contribution in [0.25, 0.3) is 0 Å². The van der Waals surface area contributed by atoms with Gasteiger partial charge >= 0.3 is 0 Å². The normalized spacial score (nSPS) is 12.7. The average Bonchev–Trinajstić information content (AvgIpc) is 2.68. The van der Waals surface area contributed by atoms with Gasteiger partial charge in [0.1, 0.15) is 0 Å². The highest BCUT2D eigenvalue weighted by Crippen LogP contribution is 2.37. The molecule has 0 bridgehead atoms. The van der Waals surface area contributed by atoms with Crippen LogP contribution >= 0.6 is 34.7 Å². The van der Waals surface area contributed by atoms with Crippen LogP contribution in [-0.2, 0) is 6.42 Å². The quantitative estimate of drug-likeness (QED) is 0.922. The zero-order chi connectivity index (χ0) is 13.1. The number of hydrogen-bond donors (Lipinski definition) is 1. The highest BCUT2D eigenvalue weighted by Gasteiger charge is 2.12. The van der Waals surface area contributed by atoms with Crippen molar-refractivity contribution in [2.75, 3.05) is 0 Å². The summed E-state index contributed by atoms with van der Waals surface area (Å²) in [5, 5.41) is 2.82. The monoisotopic (exact) mass is 298 g/mol. The van der Waals surface area contributed by atoms with E-state index in [1.165, 1.54) is 5.56 Å². The zero-order valence-corrected chi connectivity index (χ0v) is 12.7. The van der Waals surface area contributed by atoms with Crippen LogP contribution in [0.2, 0.25) is 5.02 Å². The molecule has 0 fully saturated rings. The summed E-state index contributed by atoms with van der Waals surface area (Å²) in [7, 11) is 0. The Morgan fingerprint density at radius 3 is 2.89 bits per heavy atom. The Morgan fingerprint density at radius 1 is 1.50 bits per heavy atom. The third-order valence-corrected chi connectivity index (χ3v) is 5.05. The Morgan fingerprint density at radius 2 is 2.28 bits per heavy atom. The number of benzene rings is 1. The molecule has 0 saturated carbocycles. The highest BCUT2D eigenvalue weighted by molar-refractivity contribution is 8.01. The summed E-state index contributed by atoms with van der Waals surface area (Å²) in [5.74, 6) is 0. The molecular formula is C13H15ClN2S2. The molecule has 0 aliphatic carbocycles. The smallest absolute Gasteiger partial charge is 0.154 e. The van der Waals surface area contributed by atoms with E-state index in [2.05, 4.69) is 11.1 Å². The second kappa shape index (κ2) is 6.06. The van der Waals surface area contributed by atoms with Crippen molar-refractivity contribution < 1.29 is 0 Å². The maximum atomic E-state index is 6.28. The van der Waals surface area contributed by atoms with Gasteiger partial charge in [0.25, 0.3) is 0 Å². The Labute approximate surface area is 121 Å². The van der Waals surface area contributed by atoms with Crippen LogP contribution in [0.3, 0.4) is 0 Å². The molecule has 2 N–H and O–H groups in total. The van der Waals surface area contributed by atoms with Crippen molar-refractivity contribution in [2.24, 2.45) is 5.73 Å². The predicted molar refractivity (Wildman–Crippen MR) is 79.8 cm³/mol. The molecule has 5 heteroatoms. The summed E-state index contributed by atoms with van der Waals surface area (Å²) in [6.07, 6.45) is 0.827. The van der Waals surface area contributed by atoms with Crippen molar-refractivity contribution >= 4 is 34.7 Å². The highest BCUT2D eigenvalue weighted by atomic mass is 35.5. The van der Waals surface area contributed by atoms with Crippen molar-refractivity contribution in [3.63, 3.8) is 0 Å². The van der Waals surface area contributed by atoms with E-state index in [4.69, 9.17) is 17.3 Å². The van der Waals surface area contributed by atoms with E-state index >= 15 is 0 Å². The Kier molecular flexibility index (Phi) is 4.67. The Hall–Kier alpha value is -0.550. The maximum absolute atomic E-state index is 6.28. The van der Waals surface area contributed by atoms with Crippen molar-refractivity contribution in [1.82, 2.24) is 4.98 Å². The second-order valence-electron chi connectivity index (χ2n) is 4.27. The minimum atomic E-state index is 0.126. The van der Waals surface area contributed by atoms with E-state index in [1.54, 1.807) is 23.1 Å². The number of aryl methyl sites for hydroxylation is 1. The lowest BCUT2D eigenvalue weighted by atomic mass is 10.1. The average molecular weight is 299 g/mol. The molecule has 2 rings (SSSR count). The van der Waals surface area contributed by atoms with E-state index < -0.39 is 0 Å². The van der Waals surface area contributed by atoms with Gasteiger partial charge in [-0.05, 0) is 31.9 Å². The fraction of sp³-hybridized carbons (Fsp3) is 0.308. The molecular weight excluding hydrogens is 284 g/mol. The molecule has 0 aliphatic heterocycles. The fourth-order valence-corrected chi connectivity index (χ4v) is 3.87. The zero-order valence-electron chi connectivity index (χ0n) is 10.3. The first-order valence-corrected chi connectivity index (χ1v) is 7.76. The van der Waals surface area contributed by atoms with E-state index in [0.717, 1.165) is 26.4 Å². The molecule has 1 aromatic carbocycles. The third-order valence-electron chi connectivity index (χ3n) is 2.38. The number of aromatic nitrogens is 1. The molecule has 2 aromatic rings. The van der Waals surface area contributed by atoms with Gasteiger partial charge in [-0.1, -0.05) is 35.5 Å². The first kappa shape index (κ1) is 13.9. The van der Waals surface area contributed by atoms with Gasteiger partial charge in [0.05, 0.1) is 5.02 Å². The molecule has 0 aliphatic rings. The number of hydrogen-bond acceptors (Lipinski definition) is 4. The van der Waals surface area contributed by atoms with Gasteiger partial charge in [-0.3, -0.25) is 0 Å². The van der Waals surface area contributed by atoms with Crippen molar-refractivity contribution in [3.8, 4) is 0 Å². The number of nitrogens with two attached hydrogens (primary N) is 1. The van der Waals surface area contributed by atoms with Crippen LogP contribution in [0.15, 0.2) is 32.8 Å². The largest absolute Gasteiger partial charge is 0.328 e. The molecule has 2 nitrogen and oxygen atoms in total. The minimum Gasteiger partial charge on any atom is -0.328 e. The molecule has 18 heavy (non-hydrogen) atoms. The van der Waals surface area contributed by atoms with E-state index in [9.17, 15) is 0 Å². The Bertz CT molecular complexity index is 538. The first-order chi connectivity index (χ1) is 8.56. The molecule has 1 heterocycles. The summed E-state index contributed by atoms with van der Waals surface area (Å²) in [5.41, 5.74) is 8.11. The van der Waals surface area contributed by atoms with Gasteiger partial charge in [-0.2, -0.15) is 0 Å². The van der Waals surface area contributed by atoms with Gasteiger partial charge < -0.3 is 5.73 Å². The fourth-order valence-electron chi connectivity index (χ4n) is 1.64. The van der Waals surface area contributed by atoms with Crippen LogP contribution < -0.4 is 5.73 Å². The van der Waals surface area contributed by atoms with Crippen LogP contribution in [0.1, 0.15) is 18.2 Å². The minimum absolute atomic E-state index is 0.126. The van der Waals surface area contributed by atoms with Gasteiger partial charge in [0.2, 0.25) is 0 Å². The van der Waals surface area contributed by atoms with E-state index in [1.807, 2.05) is 31.4 Å². The van der Waals surface area contributed by atoms with Crippen molar-refractivity contribution in [1.29, 1.82) is 0 Å². The molecule has 0 amide bonds. The van der Waals surface area contributed by atoms with Crippen LogP contribution in [0, 0.1) is 6.92 Å². The molecule has 0 spiro atoms. The lowest BCUT2D eigenvalue weighted by Crippen LogP contribution is -2.18. The summed E-state index contributed by atoms with van der Waals surface area (Å²) < 4.78 is 1.02. The third kappa shape index (κ3) is 3.48. The first-order valence-electron chi connectivity index (χ1n) is 5.69. The molecule has 0 saturated heterocycles. The molecule has 0 radical (unpaired) electrons. The summed E-state index contributed by atoms with van der Waals surface area (Å²) in [4.78, 5) is 5.53. The maximum Gasteiger partial charge on any atom is 0.154 e. The lowest BCUT2D eigenvalue weighted by molar-refractivity contribution is 0.729. The summed E-state index contributed by atoms with van der Waals surface area (Å²) >= 11 is 9.55. The molecule has 96 valence electrons. The summed E-state index contributed by atoms with van der Waals surface area (Å²) in [6, 6.07) is 6.09. The van der Waals surface area contributed by atoms with Crippen LogP contribution in [-0.4, -0.2) is 11.0 Å². The number of nitrogens with zero attached hydrogens (tertiary/aromatic N) is 1. The SMILES string of the molecule is Cc1csc(Sc2c(Cl)cccc2CC(C)N)n1. The van der Waals surface area contributed by atoms with Crippen molar-refractivity contribution in [2.45, 2.75) is 35.5 Å². The number of halogens is 1. The molecule has 1 atom stereocenters. The Balaban J connectivity index is 2.30. The van der Waals surface area contributed by atoms with E-state index in [-0.39, 0.29) is 6.04 Å².